The van der Waals surface area contributed by atoms with Crippen LogP contribution in [0.1, 0.15) is 15.9 Å². The highest BCUT2D eigenvalue weighted by atomic mass is 79.9. The average Bonchev–Trinajstić information content (AvgIpc) is 2.16. The summed E-state index contributed by atoms with van der Waals surface area (Å²) in [6.45, 7) is 0. The lowest BCUT2D eigenvalue weighted by Crippen LogP contribution is -2.22. The second-order valence-corrected chi connectivity index (χ2v) is 3.02. The fourth-order valence-electron chi connectivity index (χ4n) is 0.987. The van der Waals surface area contributed by atoms with Gasteiger partial charge in [0.1, 0.15) is 5.75 Å². The van der Waals surface area contributed by atoms with Gasteiger partial charge in [0.2, 0.25) is 0 Å². The van der Waals surface area contributed by atoms with Crippen molar-refractivity contribution in [1.29, 1.82) is 0 Å². The first-order valence-corrected chi connectivity index (χ1v) is 4.75. The number of hydrogen-bond acceptors (Lipinski definition) is 3. The molecular formula is C9H8BrO3-. The number of halogens is 1. The van der Waals surface area contributed by atoms with E-state index in [-0.39, 0.29) is 5.56 Å². The lowest BCUT2D eigenvalue weighted by Gasteiger charge is -2.09. The molecule has 0 unspecified atom stereocenters. The number of methoxy groups -OCH3 is 1. The first-order chi connectivity index (χ1) is 6.19. The lowest BCUT2D eigenvalue weighted by molar-refractivity contribution is -0.255. The number of carboxylic acids is 1. The van der Waals surface area contributed by atoms with Crippen molar-refractivity contribution in [2.75, 3.05) is 7.11 Å². The van der Waals surface area contributed by atoms with Crippen molar-refractivity contribution in [2.24, 2.45) is 0 Å². The summed E-state index contributed by atoms with van der Waals surface area (Å²) in [5, 5.41) is 11.2. The van der Waals surface area contributed by atoms with Gasteiger partial charge in [0, 0.05) is 10.9 Å². The zero-order chi connectivity index (χ0) is 9.84. The van der Waals surface area contributed by atoms with Crippen molar-refractivity contribution in [3.8, 4) is 5.75 Å². The third kappa shape index (κ3) is 2.21. The summed E-state index contributed by atoms with van der Waals surface area (Å²) in [7, 11) is 1.43. The maximum atomic E-state index is 10.6. The molecule has 70 valence electrons. The van der Waals surface area contributed by atoms with Gasteiger partial charge in [-0.2, -0.15) is 0 Å². The van der Waals surface area contributed by atoms with Crippen LogP contribution >= 0.6 is 15.9 Å². The number of aromatic carboxylic acids is 1. The van der Waals surface area contributed by atoms with Crippen molar-refractivity contribution in [2.45, 2.75) is 5.33 Å². The normalized spacial score (nSPS) is 9.69. The first-order valence-electron chi connectivity index (χ1n) is 3.63. The van der Waals surface area contributed by atoms with Crippen molar-refractivity contribution in [3.05, 3.63) is 29.3 Å². The summed E-state index contributed by atoms with van der Waals surface area (Å²) < 4.78 is 4.91. The van der Waals surface area contributed by atoms with E-state index in [1.165, 1.54) is 13.2 Å². The number of carbonyl (C=O) groups excluding carboxylic acids is 1. The summed E-state index contributed by atoms with van der Waals surface area (Å²) in [6, 6.07) is 4.85. The van der Waals surface area contributed by atoms with E-state index < -0.39 is 5.97 Å². The Labute approximate surface area is 84.5 Å². The number of carbonyl (C=O) groups is 1. The third-order valence-electron chi connectivity index (χ3n) is 1.64. The molecule has 0 bridgehead atoms. The van der Waals surface area contributed by atoms with Gasteiger partial charge >= 0.3 is 0 Å². The van der Waals surface area contributed by atoms with E-state index in [2.05, 4.69) is 15.9 Å². The Balaban J connectivity index is 3.15. The SMILES string of the molecule is COc1cc(CBr)ccc1C(=O)[O-]. The first kappa shape index (κ1) is 10.1. The van der Waals surface area contributed by atoms with Crippen LogP contribution < -0.4 is 9.84 Å². The molecule has 0 aliphatic carbocycles. The Hall–Kier alpha value is -1.03. The molecule has 0 radical (unpaired) electrons. The molecule has 1 rings (SSSR count). The van der Waals surface area contributed by atoms with E-state index in [0.29, 0.717) is 11.1 Å². The average molecular weight is 244 g/mol. The van der Waals surface area contributed by atoms with Gasteiger partial charge in [0.05, 0.1) is 13.1 Å². The van der Waals surface area contributed by atoms with E-state index in [4.69, 9.17) is 4.74 Å². The second kappa shape index (κ2) is 4.28. The largest absolute Gasteiger partial charge is 0.545 e. The third-order valence-corrected chi connectivity index (χ3v) is 2.29. The fraction of sp³-hybridized carbons (Fsp3) is 0.222. The van der Waals surface area contributed by atoms with E-state index in [0.717, 1.165) is 5.56 Å². The molecule has 0 amide bonds. The number of rotatable bonds is 3. The van der Waals surface area contributed by atoms with E-state index in [1.807, 2.05) is 0 Å². The number of hydrogen-bond donors (Lipinski definition) is 0. The molecule has 0 aliphatic rings. The molecule has 0 spiro atoms. The summed E-state index contributed by atoms with van der Waals surface area (Å²) in [6.07, 6.45) is 0. The quantitative estimate of drug-likeness (QED) is 0.744. The Kier molecular flexibility index (Phi) is 3.31. The minimum Gasteiger partial charge on any atom is -0.545 e. The van der Waals surface area contributed by atoms with E-state index >= 15 is 0 Å². The van der Waals surface area contributed by atoms with Crippen molar-refractivity contribution in [1.82, 2.24) is 0 Å². The van der Waals surface area contributed by atoms with Gasteiger partial charge < -0.3 is 14.6 Å². The molecule has 0 N–H and O–H groups in total. The predicted octanol–water partition coefficient (Wildman–Crippen LogP) is 0.954. The van der Waals surface area contributed by atoms with Crippen LogP contribution in [-0.2, 0) is 5.33 Å². The maximum Gasteiger partial charge on any atom is 0.128 e. The molecule has 4 heteroatoms. The number of benzene rings is 1. The van der Waals surface area contributed by atoms with Crippen LogP contribution in [0.5, 0.6) is 5.75 Å². The van der Waals surface area contributed by atoms with Crippen LogP contribution in [0.2, 0.25) is 0 Å². The van der Waals surface area contributed by atoms with Gasteiger partial charge in [0.25, 0.3) is 0 Å². The molecule has 0 fully saturated rings. The zero-order valence-corrected chi connectivity index (χ0v) is 8.63. The molecule has 0 saturated heterocycles. The van der Waals surface area contributed by atoms with Crippen LogP contribution in [0.4, 0.5) is 0 Å². The highest BCUT2D eigenvalue weighted by Gasteiger charge is 2.04. The molecule has 0 saturated carbocycles. The van der Waals surface area contributed by atoms with Gasteiger partial charge in [-0.15, -0.1) is 0 Å². The summed E-state index contributed by atoms with van der Waals surface area (Å²) in [4.78, 5) is 10.6. The maximum absolute atomic E-state index is 10.6. The van der Waals surface area contributed by atoms with Crippen molar-refractivity contribution in [3.63, 3.8) is 0 Å². The standard InChI is InChI=1S/C9H9BrO3/c1-13-8-4-6(5-10)2-3-7(8)9(11)12/h2-4H,5H2,1H3,(H,11,12)/p-1. The predicted molar refractivity (Wildman–Crippen MR) is 50.0 cm³/mol. The summed E-state index contributed by atoms with van der Waals surface area (Å²) in [5.74, 6) is -0.894. The number of ether oxygens (including phenoxy) is 1. The smallest absolute Gasteiger partial charge is 0.128 e. The van der Waals surface area contributed by atoms with Crippen molar-refractivity contribution < 1.29 is 14.6 Å². The van der Waals surface area contributed by atoms with E-state index in [9.17, 15) is 9.90 Å². The molecule has 0 heterocycles. The number of alkyl halides is 1. The van der Waals surface area contributed by atoms with Crippen LogP contribution in [0.15, 0.2) is 18.2 Å². The Morgan fingerprint density at radius 2 is 2.31 bits per heavy atom. The van der Waals surface area contributed by atoms with Gasteiger partial charge in [-0.05, 0) is 17.7 Å². The monoisotopic (exact) mass is 243 g/mol. The molecule has 1 aromatic carbocycles. The molecular weight excluding hydrogens is 236 g/mol. The molecule has 13 heavy (non-hydrogen) atoms. The summed E-state index contributed by atoms with van der Waals surface area (Å²) in [5.41, 5.74) is 1.04. The van der Waals surface area contributed by atoms with Gasteiger partial charge in [-0.3, -0.25) is 0 Å². The minimum absolute atomic E-state index is 0.0761. The van der Waals surface area contributed by atoms with Gasteiger partial charge in [-0.1, -0.05) is 22.0 Å². The van der Waals surface area contributed by atoms with Crippen LogP contribution in [0, 0.1) is 0 Å². The molecule has 0 aromatic heterocycles. The molecule has 3 nitrogen and oxygen atoms in total. The molecule has 0 aliphatic heterocycles. The topological polar surface area (TPSA) is 49.4 Å². The highest BCUT2D eigenvalue weighted by Crippen LogP contribution is 2.20. The van der Waals surface area contributed by atoms with Crippen molar-refractivity contribution >= 4 is 21.9 Å². The molecule has 1 aromatic rings. The second-order valence-electron chi connectivity index (χ2n) is 2.46. The Morgan fingerprint density at radius 1 is 1.62 bits per heavy atom. The number of carboxylic acid groups (broad SMARTS) is 1. The lowest BCUT2D eigenvalue weighted by atomic mass is 10.1. The van der Waals surface area contributed by atoms with Crippen LogP contribution in [-0.4, -0.2) is 13.1 Å². The zero-order valence-electron chi connectivity index (χ0n) is 7.04. The van der Waals surface area contributed by atoms with Crippen LogP contribution in [0.3, 0.4) is 0 Å². The fourth-order valence-corrected chi connectivity index (χ4v) is 1.34. The Morgan fingerprint density at radius 3 is 2.77 bits per heavy atom. The van der Waals surface area contributed by atoms with Crippen LogP contribution in [0.25, 0.3) is 0 Å². The van der Waals surface area contributed by atoms with Gasteiger partial charge in [-0.25, -0.2) is 0 Å². The highest BCUT2D eigenvalue weighted by molar-refractivity contribution is 9.08. The van der Waals surface area contributed by atoms with E-state index in [1.54, 1.807) is 12.1 Å². The molecule has 0 atom stereocenters. The van der Waals surface area contributed by atoms with Gasteiger partial charge in [0.15, 0.2) is 0 Å². The Bertz CT molecular complexity index is 323. The summed E-state index contributed by atoms with van der Waals surface area (Å²) >= 11 is 3.26. The minimum atomic E-state index is -1.22.